The molecule has 3 heterocycles. The molecule has 1 unspecified atom stereocenters. The van der Waals surface area contributed by atoms with Gasteiger partial charge in [-0.1, -0.05) is 0 Å². The Bertz CT molecular complexity index is 442. The third-order valence-corrected chi connectivity index (χ3v) is 4.68. The molecule has 132 valence electrons. The van der Waals surface area contributed by atoms with E-state index in [9.17, 15) is 9.90 Å². The van der Waals surface area contributed by atoms with Crippen LogP contribution >= 0.6 is 0 Å². The first-order chi connectivity index (χ1) is 10.9. The SMILES string of the molecule is CCOC(=O)C1CCCN(C[C@@H]2O[C@H]3OC(C)(C)O[C@H]3[C@@H]2O)C1. The highest BCUT2D eigenvalue weighted by atomic mass is 16.8. The van der Waals surface area contributed by atoms with Crippen molar-refractivity contribution in [2.45, 2.75) is 64.0 Å². The zero-order chi connectivity index (χ0) is 16.6. The number of fused-ring (bicyclic) bond motifs is 1. The van der Waals surface area contributed by atoms with E-state index in [2.05, 4.69) is 4.90 Å². The average molecular weight is 329 g/mol. The second-order valence-electron chi connectivity index (χ2n) is 6.98. The maximum Gasteiger partial charge on any atom is 0.310 e. The Hall–Kier alpha value is -0.730. The van der Waals surface area contributed by atoms with Crippen LogP contribution in [-0.2, 0) is 23.7 Å². The van der Waals surface area contributed by atoms with Gasteiger partial charge in [-0.05, 0) is 40.2 Å². The van der Waals surface area contributed by atoms with Crippen molar-refractivity contribution in [2.75, 3.05) is 26.2 Å². The number of piperidine rings is 1. The summed E-state index contributed by atoms with van der Waals surface area (Å²) in [5.41, 5.74) is 0. The second-order valence-corrected chi connectivity index (χ2v) is 6.98. The Morgan fingerprint density at radius 1 is 1.39 bits per heavy atom. The Morgan fingerprint density at radius 2 is 2.17 bits per heavy atom. The van der Waals surface area contributed by atoms with E-state index in [1.165, 1.54) is 0 Å². The highest BCUT2D eigenvalue weighted by molar-refractivity contribution is 5.72. The summed E-state index contributed by atoms with van der Waals surface area (Å²) in [5.74, 6) is -0.940. The first-order valence-corrected chi connectivity index (χ1v) is 8.48. The van der Waals surface area contributed by atoms with E-state index in [0.717, 1.165) is 19.4 Å². The summed E-state index contributed by atoms with van der Waals surface area (Å²) < 4.78 is 22.3. The van der Waals surface area contributed by atoms with Crippen LogP contribution in [-0.4, -0.2) is 72.6 Å². The third kappa shape index (κ3) is 3.69. The lowest BCUT2D eigenvalue weighted by molar-refractivity contribution is -0.216. The van der Waals surface area contributed by atoms with Crippen LogP contribution in [0.15, 0.2) is 0 Å². The molecule has 1 N–H and O–H groups in total. The molecular formula is C16H27NO6. The molecule has 3 aliphatic rings. The molecule has 0 aromatic heterocycles. The first kappa shape index (κ1) is 17.1. The van der Waals surface area contributed by atoms with Gasteiger partial charge in [-0.15, -0.1) is 0 Å². The third-order valence-electron chi connectivity index (χ3n) is 4.68. The van der Waals surface area contributed by atoms with Crippen LogP contribution < -0.4 is 0 Å². The van der Waals surface area contributed by atoms with Crippen molar-refractivity contribution in [3.05, 3.63) is 0 Å². The lowest BCUT2D eigenvalue weighted by Gasteiger charge is -2.34. The fraction of sp³-hybridized carbons (Fsp3) is 0.938. The minimum atomic E-state index is -0.721. The fourth-order valence-electron chi connectivity index (χ4n) is 3.64. The van der Waals surface area contributed by atoms with E-state index in [-0.39, 0.29) is 18.0 Å². The quantitative estimate of drug-likeness (QED) is 0.753. The molecule has 0 aromatic rings. The summed E-state index contributed by atoms with van der Waals surface area (Å²) in [5, 5.41) is 10.4. The van der Waals surface area contributed by atoms with E-state index < -0.39 is 24.3 Å². The van der Waals surface area contributed by atoms with Crippen LogP contribution in [0.3, 0.4) is 0 Å². The summed E-state index contributed by atoms with van der Waals surface area (Å²) in [6, 6.07) is 0. The Morgan fingerprint density at radius 3 is 2.87 bits per heavy atom. The molecule has 3 aliphatic heterocycles. The topological polar surface area (TPSA) is 77.5 Å². The lowest BCUT2D eigenvalue weighted by Crippen LogP contribution is -2.46. The van der Waals surface area contributed by atoms with Gasteiger partial charge in [0.25, 0.3) is 0 Å². The number of nitrogens with zero attached hydrogens (tertiary/aromatic N) is 1. The van der Waals surface area contributed by atoms with Gasteiger partial charge in [0, 0.05) is 13.1 Å². The number of aliphatic hydroxyl groups excluding tert-OH is 1. The molecule has 7 nitrogen and oxygen atoms in total. The summed E-state index contributed by atoms with van der Waals surface area (Å²) in [7, 11) is 0. The summed E-state index contributed by atoms with van der Waals surface area (Å²) in [6.45, 7) is 7.96. The van der Waals surface area contributed by atoms with Gasteiger partial charge in [0.15, 0.2) is 12.1 Å². The number of carbonyl (C=O) groups excluding carboxylic acids is 1. The summed E-state index contributed by atoms with van der Waals surface area (Å²) in [4.78, 5) is 14.1. The lowest BCUT2D eigenvalue weighted by atomic mass is 9.97. The fourth-order valence-corrected chi connectivity index (χ4v) is 3.64. The van der Waals surface area contributed by atoms with Crippen LogP contribution in [0.25, 0.3) is 0 Å². The zero-order valence-corrected chi connectivity index (χ0v) is 14.1. The highest BCUT2D eigenvalue weighted by Crippen LogP contribution is 2.37. The van der Waals surface area contributed by atoms with Gasteiger partial charge in [-0.3, -0.25) is 9.69 Å². The largest absolute Gasteiger partial charge is 0.466 e. The number of hydrogen-bond acceptors (Lipinski definition) is 7. The highest BCUT2D eigenvalue weighted by Gasteiger charge is 2.54. The number of likely N-dealkylation sites (tertiary alicyclic amines) is 1. The van der Waals surface area contributed by atoms with Crippen molar-refractivity contribution in [2.24, 2.45) is 5.92 Å². The molecule has 3 rings (SSSR count). The average Bonchev–Trinajstić information content (AvgIpc) is 2.94. The summed E-state index contributed by atoms with van der Waals surface area (Å²) >= 11 is 0. The number of rotatable bonds is 4. The van der Waals surface area contributed by atoms with Crippen LogP contribution in [0.5, 0.6) is 0 Å². The molecule has 0 aromatic carbocycles. The van der Waals surface area contributed by atoms with Crippen molar-refractivity contribution in [3.8, 4) is 0 Å². The van der Waals surface area contributed by atoms with Crippen molar-refractivity contribution in [1.29, 1.82) is 0 Å². The van der Waals surface area contributed by atoms with Gasteiger partial charge in [-0.2, -0.15) is 0 Å². The van der Waals surface area contributed by atoms with E-state index in [0.29, 0.717) is 19.7 Å². The minimum Gasteiger partial charge on any atom is -0.466 e. The van der Waals surface area contributed by atoms with Gasteiger partial charge in [0.2, 0.25) is 0 Å². The molecule has 0 spiro atoms. The Labute approximate surface area is 136 Å². The minimum absolute atomic E-state index is 0.0896. The Balaban J connectivity index is 1.53. The molecule has 5 atom stereocenters. The van der Waals surface area contributed by atoms with Crippen molar-refractivity contribution >= 4 is 5.97 Å². The maximum atomic E-state index is 11.9. The number of carbonyl (C=O) groups is 1. The standard InChI is InChI=1S/C16H27NO6/c1-4-20-14(19)10-6-5-7-17(8-10)9-11-12(18)13-15(21-11)23-16(2,3)22-13/h10-13,15,18H,4-9H2,1-3H3/t10?,11-,12+,13-,15-/m0/s1. The van der Waals surface area contributed by atoms with E-state index in [4.69, 9.17) is 18.9 Å². The van der Waals surface area contributed by atoms with E-state index in [1.54, 1.807) is 0 Å². The molecule has 7 heteroatoms. The van der Waals surface area contributed by atoms with Crippen LogP contribution in [0.4, 0.5) is 0 Å². The number of hydrogen-bond donors (Lipinski definition) is 1. The molecule has 0 amide bonds. The van der Waals surface area contributed by atoms with E-state index >= 15 is 0 Å². The molecule has 0 bridgehead atoms. The predicted molar refractivity (Wildman–Crippen MR) is 80.5 cm³/mol. The van der Waals surface area contributed by atoms with Gasteiger partial charge in [-0.25, -0.2) is 0 Å². The van der Waals surface area contributed by atoms with Crippen molar-refractivity contribution < 1.29 is 28.8 Å². The van der Waals surface area contributed by atoms with E-state index in [1.807, 2.05) is 20.8 Å². The molecule has 0 aliphatic carbocycles. The van der Waals surface area contributed by atoms with Crippen LogP contribution in [0, 0.1) is 5.92 Å². The van der Waals surface area contributed by atoms with Gasteiger partial charge >= 0.3 is 5.97 Å². The van der Waals surface area contributed by atoms with Crippen LogP contribution in [0.2, 0.25) is 0 Å². The second kappa shape index (κ2) is 6.64. The monoisotopic (exact) mass is 329 g/mol. The van der Waals surface area contributed by atoms with Gasteiger partial charge in [0.05, 0.1) is 12.5 Å². The Kier molecular flexibility index (Phi) is 4.94. The predicted octanol–water partition coefficient (Wildman–Crippen LogP) is 0.499. The maximum absolute atomic E-state index is 11.9. The molecular weight excluding hydrogens is 302 g/mol. The number of aliphatic hydroxyl groups is 1. The summed E-state index contributed by atoms with van der Waals surface area (Å²) in [6.07, 6.45) is -0.239. The number of ether oxygens (including phenoxy) is 4. The molecule has 23 heavy (non-hydrogen) atoms. The number of esters is 1. The first-order valence-electron chi connectivity index (χ1n) is 8.48. The molecule has 3 saturated heterocycles. The van der Waals surface area contributed by atoms with Crippen LogP contribution in [0.1, 0.15) is 33.6 Å². The molecule has 0 radical (unpaired) electrons. The van der Waals surface area contributed by atoms with Crippen molar-refractivity contribution in [3.63, 3.8) is 0 Å². The molecule has 0 saturated carbocycles. The van der Waals surface area contributed by atoms with Crippen molar-refractivity contribution in [1.82, 2.24) is 4.90 Å². The molecule has 3 fully saturated rings. The zero-order valence-electron chi connectivity index (χ0n) is 14.1. The van der Waals surface area contributed by atoms with Gasteiger partial charge < -0.3 is 24.1 Å². The normalized spacial score (nSPS) is 40.1. The van der Waals surface area contributed by atoms with Gasteiger partial charge in [0.1, 0.15) is 18.3 Å². The smallest absolute Gasteiger partial charge is 0.310 e.